The van der Waals surface area contributed by atoms with E-state index in [9.17, 15) is 18.4 Å². The number of nitrogen functional groups attached to an aromatic ring is 1. The number of rotatable bonds is 8. The van der Waals surface area contributed by atoms with Gasteiger partial charge in [0.15, 0.2) is 12.1 Å². The van der Waals surface area contributed by atoms with Gasteiger partial charge in [-0.05, 0) is 66.1 Å². The number of nitrogens with zero attached hydrogens (tertiary/aromatic N) is 3. The smallest absolute Gasteiger partial charge is 0.264 e. The van der Waals surface area contributed by atoms with Crippen molar-refractivity contribution in [1.82, 2.24) is 0 Å². The largest absolute Gasteiger partial charge is 0.490 e. The third kappa shape index (κ3) is 6.69. The second-order valence-corrected chi connectivity index (χ2v) is 9.25. The molecule has 1 aliphatic heterocycles. The minimum atomic E-state index is -2.80. The third-order valence-electron chi connectivity index (χ3n) is 6.33. The van der Waals surface area contributed by atoms with E-state index in [1.165, 1.54) is 18.2 Å². The van der Waals surface area contributed by atoms with Gasteiger partial charge in [-0.1, -0.05) is 12.1 Å². The number of alkyl halides is 2. The van der Waals surface area contributed by atoms with Crippen molar-refractivity contribution >= 4 is 52.9 Å². The zero-order valence-corrected chi connectivity index (χ0v) is 23.3. The fourth-order valence-corrected chi connectivity index (χ4v) is 4.51. The van der Waals surface area contributed by atoms with Crippen LogP contribution in [-0.2, 0) is 9.59 Å². The van der Waals surface area contributed by atoms with Crippen molar-refractivity contribution in [2.45, 2.75) is 13.3 Å². The van der Waals surface area contributed by atoms with Crippen LogP contribution >= 0.6 is 0 Å². The molecule has 3 aromatic rings. The number of hydrogen-bond acceptors (Lipinski definition) is 8. The summed E-state index contributed by atoms with van der Waals surface area (Å²) < 4.78 is 34.9. The Bertz CT molecular complexity index is 1490. The lowest BCUT2D eigenvalue weighted by molar-refractivity contribution is -0.105. The van der Waals surface area contributed by atoms with Crippen molar-refractivity contribution in [1.29, 1.82) is 0 Å². The molecule has 216 valence electrons. The predicted octanol–water partition coefficient (Wildman–Crippen LogP) is 4.87. The predicted molar refractivity (Wildman–Crippen MR) is 160 cm³/mol. The number of nitrogens with two attached hydrogens (primary N) is 2. The molecular formula is C30H33F2N5O4. The Hall–Kier alpha value is -4.77. The first-order valence-corrected chi connectivity index (χ1v) is 12.6. The number of carbonyl (C=O) groups excluding carboxylic acids is 2. The number of carbonyl (C=O) groups is 2. The molecule has 41 heavy (non-hydrogen) atoms. The minimum Gasteiger partial charge on any atom is -0.490 e. The SMILES string of the molecule is C/C(C=O)=C/c1c(N(C)C)cccc1N1CCOc2cc(-c3ccc(N)c(N=C(N)C=O)c3)c(C(F)F)cc21.CO. The van der Waals surface area contributed by atoms with Gasteiger partial charge in [-0.2, -0.15) is 0 Å². The summed E-state index contributed by atoms with van der Waals surface area (Å²) in [7, 11) is 4.80. The third-order valence-corrected chi connectivity index (χ3v) is 6.33. The summed E-state index contributed by atoms with van der Waals surface area (Å²) in [5.41, 5.74) is 15.8. The molecule has 4 rings (SSSR count). The van der Waals surface area contributed by atoms with E-state index in [2.05, 4.69) is 4.99 Å². The Morgan fingerprint density at radius 1 is 1.10 bits per heavy atom. The van der Waals surface area contributed by atoms with Crippen molar-refractivity contribution < 1.29 is 28.2 Å². The van der Waals surface area contributed by atoms with Crippen molar-refractivity contribution in [2.75, 3.05) is 49.9 Å². The summed E-state index contributed by atoms with van der Waals surface area (Å²) >= 11 is 0. The maximum absolute atomic E-state index is 14.5. The van der Waals surface area contributed by atoms with Gasteiger partial charge in [0, 0.05) is 38.0 Å². The monoisotopic (exact) mass is 565 g/mol. The lowest BCUT2D eigenvalue weighted by atomic mass is 9.96. The Balaban J connectivity index is 0.00000226. The first kappa shape index (κ1) is 30.8. The molecule has 1 aliphatic rings. The molecule has 0 aliphatic carbocycles. The maximum atomic E-state index is 14.5. The first-order chi connectivity index (χ1) is 19.6. The molecule has 0 spiro atoms. The highest BCUT2D eigenvalue weighted by molar-refractivity contribution is 6.27. The fourth-order valence-electron chi connectivity index (χ4n) is 4.51. The van der Waals surface area contributed by atoms with Crippen molar-refractivity contribution in [3.05, 3.63) is 65.2 Å². The number of aliphatic hydroxyl groups excluding tert-OH is 1. The molecule has 0 radical (unpaired) electrons. The van der Waals surface area contributed by atoms with Crippen molar-refractivity contribution in [3.8, 4) is 16.9 Å². The molecule has 0 amide bonds. The van der Waals surface area contributed by atoms with Crippen LogP contribution in [0.5, 0.6) is 5.75 Å². The highest BCUT2D eigenvalue weighted by Gasteiger charge is 2.27. The molecule has 0 saturated carbocycles. The lowest BCUT2D eigenvalue weighted by Crippen LogP contribution is -2.29. The van der Waals surface area contributed by atoms with Gasteiger partial charge in [0.25, 0.3) is 6.43 Å². The number of allylic oxidation sites excluding steroid dienone is 1. The Kier molecular flexibility index (Phi) is 10.2. The molecule has 0 bridgehead atoms. The molecule has 0 fully saturated rings. The van der Waals surface area contributed by atoms with Gasteiger partial charge in [0.2, 0.25) is 0 Å². The number of aldehydes is 2. The van der Waals surface area contributed by atoms with Crippen LogP contribution in [0.3, 0.4) is 0 Å². The van der Waals surface area contributed by atoms with Crippen LogP contribution in [0.25, 0.3) is 17.2 Å². The Morgan fingerprint density at radius 2 is 1.83 bits per heavy atom. The molecule has 3 aromatic carbocycles. The number of amidine groups is 1. The Labute approximate surface area is 237 Å². The maximum Gasteiger partial charge on any atom is 0.264 e. The van der Waals surface area contributed by atoms with Crippen molar-refractivity contribution in [3.63, 3.8) is 0 Å². The summed E-state index contributed by atoms with van der Waals surface area (Å²) in [5.74, 6) is 0.138. The van der Waals surface area contributed by atoms with Gasteiger partial charge < -0.3 is 31.1 Å². The lowest BCUT2D eigenvalue weighted by Gasteiger charge is -2.34. The number of anilines is 4. The number of halogens is 2. The summed E-state index contributed by atoms with van der Waals surface area (Å²) in [5, 5.41) is 7.00. The molecule has 0 unspecified atom stereocenters. The minimum absolute atomic E-state index is 0.194. The van der Waals surface area contributed by atoms with Gasteiger partial charge in [-0.25, -0.2) is 13.8 Å². The zero-order chi connectivity index (χ0) is 30.3. The quantitative estimate of drug-likeness (QED) is 0.116. The zero-order valence-electron chi connectivity index (χ0n) is 23.3. The van der Waals surface area contributed by atoms with E-state index in [0.29, 0.717) is 42.0 Å². The summed E-state index contributed by atoms with van der Waals surface area (Å²) in [4.78, 5) is 30.2. The molecular weight excluding hydrogens is 532 g/mol. The molecule has 0 aromatic heterocycles. The topological polar surface area (TPSA) is 134 Å². The van der Waals surface area contributed by atoms with Crippen LogP contribution in [0.2, 0.25) is 0 Å². The van der Waals surface area contributed by atoms with Crippen molar-refractivity contribution in [2.24, 2.45) is 10.7 Å². The average molecular weight is 566 g/mol. The van der Waals surface area contributed by atoms with Gasteiger partial charge in [-0.3, -0.25) is 9.59 Å². The molecule has 0 atom stereocenters. The highest BCUT2D eigenvalue weighted by atomic mass is 19.3. The van der Waals surface area contributed by atoms with Gasteiger partial charge in [-0.15, -0.1) is 0 Å². The molecule has 11 heteroatoms. The summed E-state index contributed by atoms with van der Waals surface area (Å²) in [6.45, 7) is 2.44. The first-order valence-electron chi connectivity index (χ1n) is 12.6. The van der Waals surface area contributed by atoms with E-state index in [4.69, 9.17) is 21.3 Å². The van der Waals surface area contributed by atoms with Crippen LogP contribution in [0.15, 0.2) is 59.1 Å². The van der Waals surface area contributed by atoms with Gasteiger partial charge in [0.1, 0.15) is 18.6 Å². The number of ether oxygens (including phenoxy) is 1. The second-order valence-electron chi connectivity index (χ2n) is 9.25. The second kappa shape index (κ2) is 13.5. The van der Waals surface area contributed by atoms with E-state index in [1.807, 2.05) is 42.1 Å². The highest BCUT2D eigenvalue weighted by Crippen LogP contribution is 2.46. The number of hydrogen-bond donors (Lipinski definition) is 3. The van der Waals surface area contributed by atoms with Gasteiger partial charge in [0.05, 0.1) is 29.3 Å². The standard InChI is InChI=1S/C29H29F2N5O3.CH4O/c1-17(15-37)11-21-24(35(2)3)5-4-6-25(21)36-9-10-39-27-14-19(20(29(30)31)13-26(27)36)18-7-8-22(32)23(12-18)34-28(33)16-38;1-2/h4-8,11-16,29H,9-10,32H2,1-3H3,(H2,33,34);2H,1H3/b17-11-;. The van der Waals surface area contributed by atoms with E-state index >= 15 is 0 Å². The number of fused-ring (bicyclic) bond motifs is 1. The molecule has 9 nitrogen and oxygen atoms in total. The van der Waals surface area contributed by atoms with E-state index in [0.717, 1.165) is 30.3 Å². The molecule has 5 N–H and O–H groups in total. The van der Waals surface area contributed by atoms with Crippen LogP contribution in [0.1, 0.15) is 24.5 Å². The molecule has 1 heterocycles. The van der Waals surface area contributed by atoms with Crippen LogP contribution < -0.4 is 26.0 Å². The van der Waals surface area contributed by atoms with E-state index in [1.54, 1.807) is 25.1 Å². The van der Waals surface area contributed by atoms with E-state index < -0.39 is 6.43 Å². The number of aliphatic imine (C=N–C) groups is 1. The van der Waals surface area contributed by atoms with E-state index in [-0.39, 0.29) is 28.3 Å². The van der Waals surface area contributed by atoms with Gasteiger partial charge >= 0.3 is 0 Å². The fraction of sp³-hybridized carbons (Fsp3) is 0.233. The van der Waals surface area contributed by atoms with Crippen LogP contribution in [0.4, 0.5) is 37.2 Å². The summed E-state index contributed by atoms with van der Waals surface area (Å²) in [6.07, 6.45) is 0.140. The number of aliphatic hydroxyl groups is 1. The normalized spacial score (nSPS) is 13.1. The average Bonchev–Trinajstić information content (AvgIpc) is 2.98. The summed E-state index contributed by atoms with van der Waals surface area (Å²) in [6, 6.07) is 13.3. The Morgan fingerprint density at radius 3 is 2.46 bits per heavy atom. The molecule has 0 saturated heterocycles. The van der Waals surface area contributed by atoms with Crippen LogP contribution in [0, 0.1) is 0 Å². The number of benzene rings is 3. The van der Waals surface area contributed by atoms with Crippen LogP contribution in [-0.4, -0.2) is 57.9 Å².